The Morgan fingerprint density at radius 3 is 2.53 bits per heavy atom. The molecule has 1 aromatic heterocycles. The normalized spacial score (nSPS) is 16.8. The van der Waals surface area contributed by atoms with E-state index in [9.17, 15) is 26.4 Å². The number of nitrogens with zero attached hydrogens (tertiary/aromatic N) is 2. The van der Waals surface area contributed by atoms with Crippen molar-refractivity contribution in [2.75, 3.05) is 5.75 Å². The van der Waals surface area contributed by atoms with E-state index >= 15 is 0 Å². The first kappa shape index (κ1) is 23.7. The zero-order chi connectivity index (χ0) is 25.5. The molecule has 1 N–H and O–H groups in total. The molecule has 0 aliphatic carbocycles. The predicted octanol–water partition coefficient (Wildman–Crippen LogP) is 5.09. The van der Waals surface area contributed by atoms with Crippen LogP contribution in [-0.2, 0) is 16.0 Å². The van der Waals surface area contributed by atoms with Crippen molar-refractivity contribution >= 4 is 26.6 Å². The van der Waals surface area contributed by atoms with Gasteiger partial charge in [-0.3, -0.25) is 4.79 Å². The number of ether oxygens (including phenoxy) is 1. The summed E-state index contributed by atoms with van der Waals surface area (Å²) in [6.45, 7) is 0. The Labute approximate surface area is 203 Å². The van der Waals surface area contributed by atoms with Gasteiger partial charge in [-0.15, -0.1) is 10.2 Å². The van der Waals surface area contributed by atoms with Crippen molar-refractivity contribution in [2.45, 2.75) is 23.5 Å². The molecule has 11 heteroatoms. The molecular formula is C25H18F3N3O4S. The van der Waals surface area contributed by atoms with Crippen molar-refractivity contribution < 1.29 is 31.1 Å². The number of rotatable bonds is 4. The van der Waals surface area contributed by atoms with Crippen LogP contribution in [-0.4, -0.2) is 30.3 Å². The van der Waals surface area contributed by atoms with E-state index in [4.69, 9.17) is 4.74 Å². The molecule has 0 fully saturated rings. The summed E-state index contributed by atoms with van der Waals surface area (Å²) in [6.07, 6.45) is -4.42. The molecule has 1 amide bonds. The number of hydrogen-bond acceptors (Lipinski definition) is 6. The fourth-order valence-corrected chi connectivity index (χ4v) is 5.77. The number of halogens is 3. The lowest BCUT2D eigenvalue weighted by Crippen LogP contribution is -2.34. The summed E-state index contributed by atoms with van der Waals surface area (Å²) in [5, 5.41) is 11.2. The van der Waals surface area contributed by atoms with Crippen LogP contribution in [0.4, 0.5) is 13.2 Å². The van der Waals surface area contributed by atoms with Crippen LogP contribution in [0.5, 0.6) is 11.6 Å². The number of amides is 1. The minimum Gasteiger partial charge on any atom is -0.437 e. The molecule has 0 radical (unpaired) electrons. The molecule has 1 unspecified atom stereocenters. The van der Waals surface area contributed by atoms with Crippen LogP contribution < -0.4 is 10.1 Å². The van der Waals surface area contributed by atoms with Gasteiger partial charge in [0, 0.05) is 5.39 Å². The highest BCUT2D eigenvalue weighted by molar-refractivity contribution is 7.91. The number of carbonyl (C=O) groups excluding carboxylic acids is 1. The number of nitrogens with one attached hydrogen (secondary N) is 1. The maximum atomic E-state index is 13.5. The monoisotopic (exact) mass is 513 g/mol. The molecule has 3 aromatic carbocycles. The zero-order valence-corrected chi connectivity index (χ0v) is 19.3. The van der Waals surface area contributed by atoms with Gasteiger partial charge in [-0.05, 0) is 42.3 Å². The third-order valence-corrected chi connectivity index (χ3v) is 7.66. The van der Waals surface area contributed by atoms with Crippen LogP contribution in [0, 0.1) is 0 Å². The Morgan fingerprint density at radius 1 is 0.972 bits per heavy atom. The van der Waals surface area contributed by atoms with E-state index in [1.165, 1.54) is 18.2 Å². The van der Waals surface area contributed by atoms with Crippen LogP contribution in [0.3, 0.4) is 0 Å². The van der Waals surface area contributed by atoms with Crippen LogP contribution >= 0.6 is 0 Å². The lowest BCUT2D eigenvalue weighted by molar-refractivity contribution is -0.137. The van der Waals surface area contributed by atoms with Crippen molar-refractivity contribution in [3.8, 4) is 11.6 Å². The highest BCUT2D eigenvalue weighted by Crippen LogP contribution is 2.35. The molecule has 5 rings (SSSR count). The van der Waals surface area contributed by atoms with Gasteiger partial charge in [-0.1, -0.05) is 42.5 Å². The predicted molar refractivity (Wildman–Crippen MR) is 124 cm³/mol. The van der Waals surface area contributed by atoms with Gasteiger partial charge in [-0.2, -0.15) is 13.2 Å². The molecule has 0 saturated heterocycles. The molecule has 0 spiro atoms. The fourth-order valence-electron chi connectivity index (χ4n) is 4.15. The molecule has 0 bridgehead atoms. The fraction of sp³-hybridized carbons (Fsp3) is 0.160. The maximum absolute atomic E-state index is 13.5. The van der Waals surface area contributed by atoms with E-state index in [2.05, 4.69) is 15.5 Å². The van der Waals surface area contributed by atoms with E-state index in [0.717, 1.165) is 12.1 Å². The number of carbonyl (C=O) groups is 1. The standard InChI is InChI=1S/C25H18F3N3O4S/c26-25(27,28)15-6-5-7-16(14-15)35-24-22(18-9-1-3-10-20(18)30-31-24)23(32)29-19-12-13-36(33,34)21-11-4-2-8-17(19)21/h1-11,14,19H,12-13H2,(H,29,32). The zero-order valence-electron chi connectivity index (χ0n) is 18.5. The first-order valence-electron chi connectivity index (χ1n) is 10.9. The summed E-state index contributed by atoms with van der Waals surface area (Å²) in [5.74, 6) is -1.21. The highest BCUT2D eigenvalue weighted by atomic mass is 32.2. The summed E-state index contributed by atoms with van der Waals surface area (Å²) in [4.78, 5) is 13.7. The summed E-state index contributed by atoms with van der Waals surface area (Å²) in [5.41, 5.74) is -0.0990. The number of benzene rings is 3. The van der Waals surface area contributed by atoms with Gasteiger partial charge < -0.3 is 10.1 Å². The Morgan fingerprint density at radius 2 is 1.72 bits per heavy atom. The quantitative estimate of drug-likeness (QED) is 0.408. The van der Waals surface area contributed by atoms with E-state index in [-0.39, 0.29) is 34.3 Å². The molecule has 0 saturated carbocycles. The van der Waals surface area contributed by atoms with Crippen LogP contribution in [0.25, 0.3) is 10.9 Å². The molecule has 1 atom stereocenters. The summed E-state index contributed by atoms with van der Waals surface area (Å²) < 4.78 is 70.1. The Balaban J connectivity index is 1.54. The first-order valence-corrected chi connectivity index (χ1v) is 12.5. The van der Waals surface area contributed by atoms with E-state index in [1.54, 1.807) is 42.5 Å². The molecule has 1 aliphatic rings. The van der Waals surface area contributed by atoms with Gasteiger partial charge in [0.15, 0.2) is 9.84 Å². The van der Waals surface area contributed by atoms with Gasteiger partial charge in [0.05, 0.1) is 27.8 Å². The van der Waals surface area contributed by atoms with Crippen molar-refractivity contribution in [3.63, 3.8) is 0 Å². The average Bonchev–Trinajstić information content (AvgIpc) is 2.85. The van der Waals surface area contributed by atoms with Gasteiger partial charge in [0.2, 0.25) is 0 Å². The highest BCUT2D eigenvalue weighted by Gasteiger charge is 2.33. The topological polar surface area (TPSA) is 98.2 Å². The van der Waals surface area contributed by atoms with Crippen molar-refractivity contribution in [3.05, 3.63) is 89.5 Å². The Kier molecular flexibility index (Phi) is 5.87. The minimum atomic E-state index is -4.58. The third-order valence-electron chi connectivity index (χ3n) is 5.85. The molecule has 1 aliphatic heterocycles. The number of hydrogen-bond donors (Lipinski definition) is 1. The van der Waals surface area contributed by atoms with Crippen LogP contribution in [0.1, 0.15) is 33.9 Å². The summed E-state index contributed by atoms with van der Waals surface area (Å²) in [7, 11) is -3.47. The lowest BCUT2D eigenvalue weighted by atomic mass is 10.0. The van der Waals surface area contributed by atoms with Crippen molar-refractivity contribution in [1.29, 1.82) is 0 Å². The van der Waals surface area contributed by atoms with Gasteiger partial charge >= 0.3 is 6.18 Å². The number of sulfone groups is 1. The molecule has 36 heavy (non-hydrogen) atoms. The van der Waals surface area contributed by atoms with Gasteiger partial charge in [0.25, 0.3) is 11.8 Å². The van der Waals surface area contributed by atoms with Gasteiger partial charge in [-0.25, -0.2) is 8.42 Å². The molecule has 184 valence electrons. The van der Waals surface area contributed by atoms with Crippen LogP contribution in [0.2, 0.25) is 0 Å². The molecule has 4 aromatic rings. The van der Waals surface area contributed by atoms with E-state index in [0.29, 0.717) is 16.5 Å². The Bertz CT molecular complexity index is 1590. The first-order chi connectivity index (χ1) is 17.1. The molecule has 7 nitrogen and oxygen atoms in total. The van der Waals surface area contributed by atoms with Crippen LogP contribution in [0.15, 0.2) is 77.7 Å². The number of fused-ring (bicyclic) bond motifs is 2. The van der Waals surface area contributed by atoms with Crippen molar-refractivity contribution in [1.82, 2.24) is 15.5 Å². The van der Waals surface area contributed by atoms with E-state index < -0.39 is 33.5 Å². The molecule has 2 heterocycles. The second-order valence-corrected chi connectivity index (χ2v) is 10.3. The SMILES string of the molecule is O=C(NC1CCS(=O)(=O)c2ccccc21)c1c(Oc2cccc(C(F)(F)F)c2)nnc2ccccc12. The Hall–Kier alpha value is -3.99. The average molecular weight is 513 g/mol. The van der Waals surface area contributed by atoms with Crippen molar-refractivity contribution in [2.24, 2.45) is 0 Å². The van der Waals surface area contributed by atoms with E-state index in [1.807, 2.05) is 0 Å². The number of alkyl halides is 3. The lowest BCUT2D eigenvalue weighted by Gasteiger charge is -2.26. The molecular weight excluding hydrogens is 495 g/mol. The number of aromatic nitrogens is 2. The second kappa shape index (κ2) is 8.90. The summed E-state index contributed by atoms with van der Waals surface area (Å²) >= 11 is 0. The second-order valence-electron chi connectivity index (χ2n) is 8.20. The largest absolute Gasteiger partial charge is 0.437 e. The summed E-state index contributed by atoms with van der Waals surface area (Å²) in [6, 6.07) is 16.7. The minimum absolute atomic E-state index is 0.0241. The maximum Gasteiger partial charge on any atom is 0.416 e. The van der Waals surface area contributed by atoms with Gasteiger partial charge in [0.1, 0.15) is 11.3 Å². The third kappa shape index (κ3) is 4.49. The smallest absolute Gasteiger partial charge is 0.416 e.